The highest BCUT2D eigenvalue weighted by Crippen LogP contribution is 2.31. The van der Waals surface area contributed by atoms with Gasteiger partial charge in [-0.2, -0.15) is 0 Å². The molecule has 0 atom stereocenters. The van der Waals surface area contributed by atoms with Crippen molar-refractivity contribution in [2.45, 2.75) is 25.7 Å². The Kier molecular flexibility index (Phi) is 3.91. The van der Waals surface area contributed by atoms with Crippen molar-refractivity contribution in [3.63, 3.8) is 0 Å². The first-order valence-corrected chi connectivity index (χ1v) is 7.34. The molecule has 2 aromatic carbocycles. The Balaban J connectivity index is 1.98. The standard InChI is InChI=1S/C18H19NO2/c1-21-16-12-11-13-7-5-6-10-15(13)17(16)18(20)19-14-8-3-2-4-9-14/h2-4,8-9,11-12H,5-7,10H2,1H3,(H,19,20). The van der Waals surface area contributed by atoms with E-state index in [1.807, 2.05) is 36.4 Å². The monoisotopic (exact) mass is 281 g/mol. The van der Waals surface area contributed by atoms with Crippen LogP contribution >= 0.6 is 0 Å². The molecule has 21 heavy (non-hydrogen) atoms. The van der Waals surface area contributed by atoms with Crippen LogP contribution in [0.5, 0.6) is 5.75 Å². The molecule has 1 aliphatic carbocycles. The highest BCUT2D eigenvalue weighted by molar-refractivity contribution is 6.07. The first-order valence-electron chi connectivity index (χ1n) is 7.34. The average Bonchev–Trinajstić information content (AvgIpc) is 2.54. The van der Waals surface area contributed by atoms with Crippen molar-refractivity contribution in [2.75, 3.05) is 12.4 Å². The van der Waals surface area contributed by atoms with Gasteiger partial charge in [0.15, 0.2) is 0 Å². The maximum atomic E-state index is 12.7. The summed E-state index contributed by atoms with van der Waals surface area (Å²) in [5.74, 6) is 0.570. The second-order valence-electron chi connectivity index (χ2n) is 5.31. The number of para-hydroxylation sites is 1. The van der Waals surface area contributed by atoms with Gasteiger partial charge < -0.3 is 10.1 Å². The molecule has 2 aromatic rings. The van der Waals surface area contributed by atoms with Crippen molar-refractivity contribution >= 4 is 11.6 Å². The van der Waals surface area contributed by atoms with Gasteiger partial charge in [0.25, 0.3) is 5.91 Å². The molecule has 0 fully saturated rings. The number of anilines is 1. The van der Waals surface area contributed by atoms with E-state index in [4.69, 9.17) is 4.74 Å². The number of rotatable bonds is 3. The van der Waals surface area contributed by atoms with Gasteiger partial charge in [0.2, 0.25) is 0 Å². The van der Waals surface area contributed by atoms with Crippen LogP contribution < -0.4 is 10.1 Å². The molecule has 1 aliphatic rings. The van der Waals surface area contributed by atoms with E-state index in [0.717, 1.165) is 30.5 Å². The zero-order chi connectivity index (χ0) is 14.7. The third-order valence-electron chi connectivity index (χ3n) is 3.97. The molecular weight excluding hydrogens is 262 g/mol. The molecule has 0 saturated heterocycles. The molecule has 1 amide bonds. The van der Waals surface area contributed by atoms with E-state index in [1.54, 1.807) is 7.11 Å². The smallest absolute Gasteiger partial charge is 0.259 e. The Labute approximate surface area is 124 Å². The summed E-state index contributed by atoms with van der Waals surface area (Å²) in [5.41, 5.74) is 3.92. The van der Waals surface area contributed by atoms with Crippen molar-refractivity contribution in [1.82, 2.24) is 0 Å². The SMILES string of the molecule is COc1ccc2c(c1C(=O)Nc1ccccc1)CCCC2. The van der Waals surface area contributed by atoms with E-state index in [-0.39, 0.29) is 5.91 Å². The second kappa shape index (κ2) is 6.00. The lowest BCUT2D eigenvalue weighted by Crippen LogP contribution is -2.18. The molecule has 3 nitrogen and oxygen atoms in total. The summed E-state index contributed by atoms with van der Waals surface area (Å²) in [6.07, 6.45) is 4.32. The predicted octanol–water partition coefficient (Wildman–Crippen LogP) is 3.83. The van der Waals surface area contributed by atoms with Crippen LogP contribution in [-0.4, -0.2) is 13.0 Å². The summed E-state index contributed by atoms with van der Waals surface area (Å²) < 4.78 is 5.41. The summed E-state index contributed by atoms with van der Waals surface area (Å²) >= 11 is 0. The minimum Gasteiger partial charge on any atom is -0.496 e. The Morgan fingerprint density at radius 2 is 1.81 bits per heavy atom. The van der Waals surface area contributed by atoms with Gasteiger partial charge in [-0.1, -0.05) is 24.3 Å². The largest absolute Gasteiger partial charge is 0.496 e. The predicted molar refractivity (Wildman–Crippen MR) is 84.0 cm³/mol. The summed E-state index contributed by atoms with van der Waals surface area (Å²) in [7, 11) is 1.61. The number of hydrogen-bond acceptors (Lipinski definition) is 2. The number of fused-ring (bicyclic) bond motifs is 1. The van der Waals surface area contributed by atoms with Gasteiger partial charge in [-0.05, 0) is 55.0 Å². The van der Waals surface area contributed by atoms with Crippen LogP contribution in [0.1, 0.15) is 34.3 Å². The number of carbonyl (C=O) groups excluding carboxylic acids is 1. The summed E-state index contributed by atoms with van der Waals surface area (Å²) in [6, 6.07) is 13.5. The van der Waals surface area contributed by atoms with E-state index in [2.05, 4.69) is 11.4 Å². The maximum absolute atomic E-state index is 12.7. The van der Waals surface area contributed by atoms with Gasteiger partial charge in [-0.3, -0.25) is 4.79 Å². The zero-order valence-electron chi connectivity index (χ0n) is 12.2. The van der Waals surface area contributed by atoms with E-state index < -0.39 is 0 Å². The van der Waals surface area contributed by atoms with Gasteiger partial charge in [-0.15, -0.1) is 0 Å². The normalized spacial score (nSPS) is 13.4. The van der Waals surface area contributed by atoms with Crippen LogP contribution in [0.15, 0.2) is 42.5 Å². The fraction of sp³-hybridized carbons (Fsp3) is 0.278. The van der Waals surface area contributed by atoms with Gasteiger partial charge in [0.05, 0.1) is 12.7 Å². The van der Waals surface area contributed by atoms with E-state index >= 15 is 0 Å². The van der Waals surface area contributed by atoms with Crippen LogP contribution in [0.3, 0.4) is 0 Å². The van der Waals surface area contributed by atoms with Gasteiger partial charge in [0, 0.05) is 5.69 Å². The molecular formula is C18H19NO2. The minimum absolute atomic E-state index is 0.0863. The molecule has 0 aromatic heterocycles. The number of hydrogen-bond donors (Lipinski definition) is 1. The number of nitrogens with one attached hydrogen (secondary N) is 1. The molecule has 1 N–H and O–H groups in total. The molecule has 0 heterocycles. The fourth-order valence-electron chi connectivity index (χ4n) is 2.94. The Morgan fingerprint density at radius 3 is 2.57 bits per heavy atom. The van der Waals surface area contributed by atoms with Gasteiger partial charge >= 0.3 is 0 Å². The quantitative estimate of drug-likeness (QED) is 0.928. The molecule has 0 radical (unpaired) electrons. The summed E-state index contributed by atoms with van der Waals surface area (Å²) in [6.45, 7) is 0. The lowest BCUT2D eigenvalue weighted by Gasteiger charge is -2.21. The lowest BCUT2D eigenvalue weighted by molar-refractivity contribution is 0.102. The molecule has 0 saturated carbocycles. The van der Waals surface area contributed by atoms with E-state index in [0.29, 0.717) is 11.3 Å². The molecule has 0 unspecified atom stereocenters. The molecule has 0 spiro atoms. The van der Waals surface area contributed by atoms with Crippen molar-refractivity contribution in [2.24, 2.45) is 0 Å². The number of carbonyl (C=O) groups is 1. The number of methoxy groups -OCH3 is 1. The molecule has 0 bridgehead atoms. The van der Waals surface area contributed by atoms with Crippen LogP contribution in [0, 0.1) is 0 Å². The van der Waals surface area contributed by atoms with E-state index in [1.165, 1.54) is 12.0 Å². The molecule has 108 valence electrons. The molecule has 3 heteroatoms. The Hall–Kier alpha value is -2.29. The van der Waals surface area contributed by atoms with E-state index in [9.17, 15) is 4.79 Å². The number of ether oxygens (including phenoxy) is 1. The van der Waals surface area contributed by atoms with Gasteiger partial charge in [0.1, 0.15) is 5.75 Å². The van der Waals surface area contributed by atoms with Crippen LogP contribution in [0.2, 0.25) is 0 Å². The average molecular weight is 281 g/mol. The highest BCUT2D eigenvalue weighted by atomic mass is 16.5. The minimum atomic E-state index is -0.0863. The second-order valence-corrected chi connectivity index (χ2v) is 5.31. The maximum Gasteiger partial charge on any atom is 0.259 e. The molecule has 0 aliphatic heterocycles. The lowest BCUT2D eigenvalue weighted by atomic mass is 9.87. The third kappa shape index (κ3) is 2.77. The first-order chi connectivity index (χ1) is 10.3. The topological polar surface area (TPSA) is 38.3 Å². The van der Waals surface area contributed by atoms with Crippen molar-refractivity contribution in [3.8, 4) is 5.75 Å². The van der Waals surface area contributed by atoms with Crippen LogP contribution in [0.4, 0.5) is 5.69 Å². The summed E-state index contributed by atoms with van der Waals surface area (Å²) in [4.78, 5) is 12.7. The Morgan fingerprint density at radius 1 is 1.05 bits per heavy atom. The summed E-state index contributed by atoms with van der Waals surface area (Å²) in [5, 5.41) is 2.96. The molecule has 3 rings (SSSR count). The number of benzene rings is 2. The van der Waals surface area contributed by atoms with Crippen molar-refractivity contribution in [1.29, 1.82) is 0 Å². The van der Waals surface area contributed by atoms with Crippen molar-refractivity contribution < 1.29 is 9.53 Å². The highest BCUT2D eigenvalue weighted by Gasteiger charge is 2.22. The first kappa shape index (κ1) is 13.7. The van der Waals surface area contributed by atoms with Crippen LogP contribution in [0.25, 0.3) is 0 Å². The third-order valence-corrected chi connectivity index (χ3v) is 3.97. The van der Waals surface area contributed by atoms with Crippen LogP contribution in [-0.2, 0) is 12.8 Å². The fourth-order valence-corrected chi connectivity index (χ4v) is 2.94. The Bertz CT molecular complexity index is 650. The van der Waals surface area contributed by atoms with Gasteiger partial charge in [-0.25, -0.2) is 0 Å². The number of amides is 1. The van der Waals surface area contributed by atoms with Crippen molar-refractivity contribution in [3.05, 3.63) is 59.2 Å². The number of aryl methyl sites for hydroxylation is 1. The zero-order valence-corrected chi connectivity index (χ0v) is 12.2.